The molecule has 7 nitrogen and oxygen atoms in total. The van der Waals surface area contributed by atoms with Crippen LogP contribution in [0.2, 0.25) is 0 Å². The molecule has 4 N–H and O–H groups in total. The summed E-state index contributed by atoms with van der Waals surface area (Å²) in [5.74, 6) is 0.908. The largest absolute Gasteiger partial charge is 0.454 e. The Morgan fingerprint density at radius 3 is 2.88 bits per heavy atom. The molecule has 1 atom stereocenters. The standard InChI is InChI=1S/C18H22BrN5O2/c1-21-18(22-10-13-6-7-16(26-13)17(20)25)23-12-8-9-24(11-12)15-5-3-2-4-14(15)19/h2-7,12H,8-11H2,1H3,(H2,20,25)(H2,21,22,23). The first-order chi connectivity index (χ1) is 12.6. The zero-order chi connectivity index (χ0) is 18.5. The number of aliphatic imine (C=N–C) groups is 1. The number of carbonyl (C=O) groups excluding carboxylic acids is 1. The van der Waals surface area contributed by atoms with Crippen molar-refractivity contribution in [2.75, 3.05) is 25.0 Å². The molecule has 2 aromatic rings. The van der Waals surface area contributed by atoms with Crippen molar-refractivity contribution in [1.82, 2.24) is 10.6 Å². The smallest absolute Gasteiger partial charge is 0.284 e. The van der Waals surface area contributed by atoms with Crippen molar-refractivity contribution in [2.24, 2.45) is 10.7 Å². The van der Waals surface area contributed by atoms with E-state index in [1.807, 2.05) is 12.1 Å². The van der Waals surface area contributed by atoms with E-state index in [4.69, 9.17) is 10.2 Å². The Labute approximate surface area is 160 Å². The molecule has 0 aliphatic carbocycles. The third-order valence-corrected chi connectivity index (χ3v) is 4.95. The summed E-state index contributed by atoms with van der Waals surface area (Å²) in [4.78, 5) is 17.7. The third kappa shape index (κ3) is 4.37. The number of benzene rings is 1. The first kappa shape index (κ1) is 18.3. The molecule has 8 heteroatoms. The maximum Gasteiger partial charge on any atom is 0.284 e. The average molecular weight is 420 g/mol. The maximum atomic E-state index is 11.1. The van der Waals surface area contributed by atoms with E-state index in [9.17, 15) is 4.79 Å². The molecule has 1 saturated heterocycles. The number of nitrogens with one attached hydrogen (secondary N) is 2. The summed E-state index contributed by atoms with van der Waals surface area (Å²) in [6, 6.07) is 11.8. The molecule has 138 valence electrons. The van der Waals surface area contributed by atoms with Crippen molar-refractivity contribution < 1.29 is 9.21 Å². The molecule has 1 aliphatic rings. The van der Waals surface area contributed by atoms with Gasteiger partial charge in [0.1, 0.15) is 5.76 Å². The normalized spacial score (nSPS) is 17.4. The first-order valence-electron chi connectivity index (χ1n) is 8.42. The van der Waals surface area contributed by atoms with E-state index in [2.05, 4.69) is 48.6 Å². The molecule has 1 unspecified atom stereocenters. The predicted octanol–water partition coefficient (Wildman–Crippen LogP) is 2.08. The summed E-state index contributed by atoms with van der Waals surface area (Å²) >= 11 is 3.61. The number of nitrogens with two attached hydrogens (primary N) is 1. The quantitative estimate of drug-likeness (QED) is 0.509. The van der Waals surface area contributed by atoms with Gasteiger partial charge in [-0.2, -0.15) is 0 Å². The summed E-state index contributed by atoms with van der Waals surface area (Å²) in [6.45, 7) is 2.31. The molecule has 1 amide bonds. The number of para-hydroxylation sites is 1. The molecule has 1 aliphatic heterocycles. The number of anilines is 1. The number of amides is 1. The number of primary amides is 1. The second-order valence-corrected chi connectivity index (χ2v) is 6.94. The lowest BCUT2D eigenvalue weighted by Crippen LogP contribution is -2.44. The van der Waals surface area contributed by atoms with Crippen molar-refractivity contribution in [2.45, 2.75) is 19.0 Å². The minimum absolute atomic E-state index is 0.157. The zero-order valence-corrected chi connectivity index (χ0v) is 16.1. The molecule has 0 radical (unpaired) electrons. The number of furan rings is 1. The van der Waals surface area contributed by atoms with E-state index in [0.29, 0.717) is 24.3 Å². The summed E-state index contributed by atoms with van der Waals surface area (Å²) in [7, 11) is 1.73. The van der Waals surface area contributed by atoms with Crippen LogP contribution in [0, 0.1) is 0 Å². The van der Waals surface area contributed by atoms with E-state index in [1.165, 1.54) is 5.69 Å². The fourth-order valence-corrected chi connectivity index (χ4v) is 3.50. The van der Waals surface area contributed by atoms with Crippen LogP contribution in [0.5, 0.6) is 0 Å². The number of guanidine groups is 1. The minimum atomic E-state index is -0.572. The fraction of sp³-hybridized carbons (Fsp3) is 0.333. The Balaban J connectivity index is 1.52. The number of hydrogen-bond donors (Lipinski definition) is 3. The molecular weight excluding hydrogens is 398 g/mol. The summed E-state index contributed by atoms with van der Waals surface area (Å²) in [6.07, 6.45) is 1.02. The van der Waals surface area contributed by atoms with Gasteiger partial charge in [0.15, 0.2) is 11.7 Å². The monoisotopic (exact) mass is 419 g/mol. The van der Waals surface area contributed by atoms with Gasteiger partial charge in [-0.15, -0.1) is 0 Å². The number of carbonyl (C=O) groups is 1. The maximum absolute atomic E-state index is 11.1. The van der Waals surface area contributed by atoms with Crippen LogP contribution < -0.4 is 21.3 Å². The van der Waals surface area contributed by atoms with E-state index in [-0.39, 0.29) is 5.76 Å². The van der Waals surface area contributed by atoms with Gasteiger partial charge in [0.05, 0.1) is 12.2 Å². The molecule has 1 aromatic heterocycles. The number of halogens is 1. The number of rotatable bonds is 5. The second kappa shape index (κ2) is 8.27. The van der Waals surface area contributed by atoms with Crippen molar-refractivity contribution in [3.63, 3.8) is 0 Å². The molecule has 1 fully saturated rings. The van der Waals surface area contributed by atoms with Gasteiger partial charge in [-0.3, -0.25) is 9.79 Å². The van der Waals surface area contributed by atoms with E-state index < -0.39 is 5.91 Å². The molecule has 3 rings (SSSR count). The summed E-state index contributed by atoms with van der Waals surface area (Å²) in [5, 5.41) is 6.63. The number of nitrogens with zero attached hydrogens (tertiary/aromatic N) is 2. The Hall–Kier alpha value is -2.48. The van der Waals surface area contributed by atoms with E-state index >= 15 is 0 Å². The molecule has 0 saturated carbocycles. The molecule has 2 heterocycles. The third-order valence-electron chi connectivity index (χ3n) is 4.28. The Morgan fingerprint density at radius 1 is 1.38 bits per heavy atom. The van der Waals surface area contributed by atoms with Crippen molar-refractivity contribution in [3.8, 4) is 0 Å². The van der Waals surface area contributed by atoms with E-state index in [1.54, 1.807) is 19.2 Å². The highest BCUT2D eigenvalue weighted by Crippen LogP contribution is 2.28. The molecule has 26 heavy (non-hydrogen) atoms. The highest BCUT2D eigenvalue weighted by molar-refractivity contribution is 9.10. The first-order valence-corrected chi connectivity index (χ1v) is 9.21. The van der Waals surface area contributed by atoms with Crippen molar-refractivity contribution in [1.29, 1.82) is 0 Å². The lowest BCUT2D eigenvalue weighted by Gasteiger charge is -2.21. The Morgan fingerprint density at radius 2 is 2.19 bits per heavy atom. The van der Waals surface area contributed by atoms with Crippen LogP contribution in [-0.4, -0.2) is 38.0 Å². The highest BCUT2D eigenvalue weighted by Gasteiger charge is 2.24. The molecule has 0 bridgehead atoms. The molecular formula is C18H22BrN5O2. The fourth-order valence-electron chi connectivity index (χ4n) is 2.97. The van der Waals surface area contributed by atoms with Crippen LogP contribution in [0.15, 0.2) is 50.3 Å². The Bertz CT molecular complexity index is 804. The van der Waals surface area contributed by atoms with Crippen molar-refractivity contribution >= 4 is 33.5 Å². The Kier molecular flexibility index (Phi) is 5.82. The molecule has 0 spiro atoms. The van der Waals surface area contributed by atoms with Gasteiger partial charge >= 0.3 is 0 Å². The van der Waals surface area contributed by atoms with Gasteiger partial charge < -0.3 is 25.7 Å². The van der Waals surface area contributed by atoms with Crippen LogP contribution in [0.4, 0.5) is 5.69 Å². The van der Waals surface area contributed by atoms with Gasteiger partial charge in [-0.05, 0) is 46.6 Å². The summed E-state index contributed by atoms with van der Waals surface area (Å²) < 4.78 is 6.47. The molecule has 1 aromatic carbocycles. The van der Waals surface area contributed by atoms with Crippen LogP contribution in [0.1, 0.15) is 22.7 Å². The van der Waals surface area contributed by atoms with Crippen LogP contribution in [-0.2, 0) is 6.54 Å². The zero-order valence-electron chi connectivity index (χ0n) is 14.5. The van der Waals surface area contributed by atoms with Crippen LogP contribution >= 0.6 is 15.9 Å². The average Bonchev–Trinajstić information content (AvgIpc) is 3.28. The second-order valence-electron chi connectivity index (χ2n) is 6.08. The van der Waals surface area contributed by atoms with Gasteiger partial charge in [0, 0.05) is 30.7 Å². The lowest BCUT2D eigenvalue weighted by atomic mass is 10.3. The van der Waals surface area contributed by atoms with Gasteiger partial charge in [-0.1, -0.05) is 12.1 Å². The van der Waals surface area contributed by atoms with Crippen LogP contribution in [0.25, 0.3) is 0 Å². The topological polar surface area (TPSA) is 95.9 Å². The minimum Gasteiger partial charge on any atom is -0.454 e. The van der Waals surface area contributed by atoms with Gasteiger partial charge in [-0.25, -0.2) is 0 Å². The van der Waals surface area contributed by atoms with Gasteiger partial charge in [0.2, 0.25) is 0 Å². The van der Waals surface area contributed by atoms with E-state index in [0.717, 1.165) is 24.0 Å². The number of hydrogen-bond acceptors (Lipinski definition) is 4. The van der Waals surface area contributed by atoms with Gasteiger partial charge in [0.25, 0.3) is 5.91 Å². The highest BCUT2D eigenvalue weighted by atomic mass is 79.9. The van der Waals surface area contributed by atoms with Crippen LogP contribution in [0.3, 0.4) is 0 Å². The lowest BCUT2D eigenvalue weighted by molar-refractivity contribution is 0.0972. The van der Waals surface area contributed by atoms with Crippen molar-refractivity contribution in [3.05, 3.63) is 52.4 Å². The summed E-state index contributed by atoms with van der Waals surface area (Å²) in [5.41, 5.74) is 6.40. The predicted molar refractivity (Wildman–Crippen MR) is 105 cm³/mol. The SMILES string of the molecule is CN=C(NCc1ccc(C(N)=O)o1)NC1CCN(c2ccccc2Br)C1.